The molecule has 0 amide bonds. The number of hydrogen-bond donors (Lipinski definition) is 2. The fraction of sp³-hybridized carbons (Fsp3) is 0.615. The molecule has 0 aliphatic heterocycles. The molecule has 0 radical (unpaired) electrons. The Hall–Kier alpha value is -0.980. The van der Waals surface area contributed by atoms with Crippen LogP contribution in [0.1, 0.15) is 33.4 Å². The first-order valence-corrected chi connectivity index (χ1v) is 7.90. The van der Waals surface area contributed by atoms with Crippen LogP contribution in [-0.4, -0.2) is 26.0 Å². The first kappa shape index (κ1) is 16.1. The Morgan fingerprint density at radius 3 is 2.37 bits per heavy atom. The molecule has 0 bridgehead atoms. The number of aromatic nitrogens is 1. The Labute approximate surface area is 115 Å². The van der Waals surface area contributed by atoms with E-state index in [1.54, 1.807) is 6.07 Å². The van der Waals surface area contributed by atoms with Gasteiger partial charge in [0.1, 0.15) is 4.90 Å². The van der Waals surface area contributed by atoms with Crippen molar-refractivity contribution in [3.8, 4) is 0 Å². The summed E-state index contributed by atoms with van der Waals surface area (Å²) in [5, 5.41) is 8.48. The molecule has 0 fully saturated rings. The molecule has 0 aliphatic carbocycles. The summed E-state index contributed by atoms with van der Waals surface area (Å²) >= 11 is 0. The number of nitrogens with zero attached hydrogens (tertiary/aromatic N) is 1. The van der Waals surface area contributed by atoms with Gasteiger partial charge in [-0.15, -0.1) is 0 Å². The van der Waals surface area contributed by atoms with Crippen molar-refractivity contribution in [1.29, 1.82) is 0 Å². The van der Waals surface area contributed by atoms with Gasteiger partial charge in [-0.3, -0.25) is 4.98 Å². The van der Waals surface area contributed by atoms with E-state index in [0.29, 0.717) is 0 Å². The maximum Gasteiger partial charge on any atom is 0.239 e. The van der Waals surface area contributed by atoms with Crippen molar-refractivity contribution in [3.05, 3.63) is 24.0 Å². The van der Waals surface area contributed by atoms with E-state index in [1.807, 2.05) is 0 Å². The lowest BCUT2D eigenvalue weighted by Crippen LogP contribution is -2.42. The lowest BCUT2D eigenvalue weighted by Gasteiger charge is -2.31. The third-order valence-electron chi connectivity index (χ3n) is 3.04. The molecule has 1 heterocycles. The van der Waals surface area contributed by atoms with Gasteiger partial charge in [-0.1, -0.05) is 27.7 Å². The SMILES string of the molecule is CCNC(Cc1ccc(S(N)(=O)=O)cn1)C(C)(C)C. The van der Waals surface area contributed by atoms with Crippen molar-refractivity contribution in [2.24, 2.45) is 10.6 Å². The van der Waals surface area contributed by atoms with Crippen LogP contribution in [0.5, 0.6) is 0 Å². The van der Waals surface area contributed by atoms with Gasteiger partial charge in [-0.05, 0) is 24.1 Å². The zero-order valence-electron chi connectivity index (χ0n) is 12.0. The standard InChI is InChI=1S/C13H23N3O2S/c1-5-15-12(13(2,3)4)8-10-6-7-11(9-16-10)19(14,17)18/h6-7,9,12,15H,5,8H2,1-4H3,(H2,14,17,18). The number of likely N-dealkylation sites (N-methyl/N-ethyl adjacent to an activating group) is 1. The lowest BCUT2D eigenvalue weighted by atomic mass is 9.84. The summed E-state index contributed by atoms with van der Waals surface area (Å²) in [5.41, 5.74) is 0.962. The molecule has 108 valence electrons. The average Bonchev–Trinajstić information content (AvgIpc) is 2.26. The summed E-state index contributed by atoms with van der Waals surface area (Å²) in [5.74, 6) is 0. The Morgan fingerprint density at radius 2 is 2.00 bits per heavy atom. The van der Waals surface area contributed by atoms with Crippen molar-refractivity contribution in [3.63, 3.8) is 0 Å². The van der Waals surface area contributed by atoms with Crippen LogP contribution >= 0.6 is 0 Å². The molecule has 5 nitrogen and oxygen atoms in total. The second kappa shape index (κ2) is 5.98. The predicted octanol–water partition coefficient (Wildman–Crippen LogP) is 1.30. The van der Waals surface area contributed by atoms with Crippen LogP contribution in [0, 0.1) is 5.41 Å². The lowest BCUT2D eigenvalue weighted by molar-refractivity contribution is 0.268. The van der Waals surface area contributed by atoms with Gasteiger partial charge in [0.05, 0.1) is 0 Å². The monoisotopic (exact) mass is 285 g/mol. The minimum atomic E-state index is -3.66. The predicted molar refractivity (Wildman–Crippen MR) is 76.2 cm³/mol. The quantitative estimate of drug-likeness (QED) is 0.854. The van der Waals surface area contributed by atoms with Gasteiger partial charge in [0.2, 0.25) is 10.0 Å². The van der Waals surface area contributed by atoms with E-state index >= 15 is 0 Å². The maximum absolute atomic E-state index is 11.2. The van der Waals surface area contributed by atoms with Crippen LogP contribution in [0.25, 0.3) is 0 Å². The van der Waals surface area contributed by atoms with Gasteiger partial charge in [0, 0.05) is 24.4 Å². The van der Waals surface area contributed by atoms with Gasteiger partial charge in [0.25, 0.3) is 0 Å². The Morgan fingerprint density at radius 1 is 1.37 bits per heavy atom. The molecule has 0 aromatic carbocycles. The molecule has 6 heteroatoms. The summed E-state index contributed by atoms with van der Waals surface area (Å²) in [7, 11) is -3.66. The third kappa shape index (κ3) is 4.89. The Kier molecular flexibility index (Phi) is 5.06. The molecule has 1 aromatic rings. The number of pyridine rings is 1. The van der Waals surface area contributed by atoms with Crippen LogP contribution in [0.2, 0.25) is 0 Å². The van der Waals surface area contributed by atoms with Crippen LogP contribution < -0.4 is 10.5 Å². The van der Waals surface area contributed by atoms with Crippen LogP contribution in [0.3, 0.4) is 0 Å². The minimum Gasteiger partial charge on any atom is -0.313 e. The van der Waals surface area contributed by atoms with E-state index in [9.17, 15) is 8.42 Å². The number of hydrogen-bond acceptors (Lipinski definition) is 4. The van der Waals surface area contributed by atoms with E-state index in [4.69, 9.17) is 5.14 Å². The summed E-state index contributed by atoms with van der Waals surface area (Å²) < 4.78 is 22.3. The van der Waals surface area contributed by atoms with Gasteiger partial charge in [0.15, 0.2) is 0 Å². The van der Waals surface area contributed by atoms with Gasteiger partial charge >= 0.3 is 0 Å². The Balaban J connectivity index is 2.87. The third-order valence-corrected chi connectivity index (χ3v) is 3.93. The summed E-state index contributed by atoms with van der Waals surface area (Å²) in [6, 6.07) is 3.50. The molecule has 1 atom stereocenters. The average molecular weight is 285 g/mol. The molecule has 0 aliphatic rings. The highest BCUT2D eigenvalue weighted by Gasteiger charge is 2.24. The molecule has 1 rings (SSSR count). The van der Waals surface area contributed by atoms with Crippen molar-refractivity contribution in [1.82, 2.24) is 10.3 Å². The molecular weight excluding hydrogens is 262 g/mol. The maximum atomic E-state index is 11.2. The zero-order valence-corrected chi connectivity index (χ0v) is 12.8. The summed E-state index contributed by atoms with van der Waals surface area (Å²) in [6.45, 7) is 9.45. The molecule has 19 heavy (non-hydrogen) atoms. The van der Waals surface area contributed by atoms with E-state index < -0.39 is 10.0 Å². The van der Waals surface area contributed by atoms with Crippen LogP contribution in [-0.2, 0) is 16.4 Å². The van der Waals surface area contributed by atoms with E-state index in [1.165, 1.54) is 12.3 Å². The van der Waals surface area contributed by atoms with Crippen LogP contribution in [0.15, 0.2) is 23.2 Å². The van der Waals surface area contributed by atoms with Gasteiger partial charge < -0.3 is 5.32 Å². The number of sulfonamides is 1. The minimum absolute atomic E-state index is 0.0482. The molecular formula is C13H23N3O2S. The molecule has 0 spiro atoms. The van der Waals surface area contributed by atoms with Crippen molar-refractivity contribution < 1.29 is 8.42 Å². The van der Waals surface area contributed by atoms with E-state index in [0.717, 1.165) is 18.7 Å². The van der Waals surface area contributed by atoms with Crippen LogP contribution in [0.4, 0.5) is 0 Å². The molecule has 0 saturated carbocycles. The highest BCUT2D eigenvalue weighted by atomic mass is 32.2. The smallest absolute Gasteiger partial charge is 0.239 e. The fourth-order valence-electron chi connectivity index (χ4n) is 1.84. The molecule has 3 N–H and O–H groups in total. The van der Waals surface area contributed by atoms with E-state index in [2.05, 4.69) is 38.0 Å². The van der Waals surface area contributed by atoms with Crippen molar-refractivity contribution >= 4 is 10.0 Å². The topological polar surface area (TPSA) is 85.1 Å². The summed E-state index contributed by atoms with van der Waals surface area (Å²) in [6.07, 6.45) is 2.07. The number of primary sulfonamides is 1. The zero-order chi connectivity index (χ0) is 14.7. The first-order chi connectivity index (χ1) is 8.64. The molecule has 1 unspecified atom stereocenters. The highest BCUT2D eigenvalue weighted by Crippen LogP contribution is 2.22. The fourth-order valence-corrected chi connectivity index (χ4v) is 2.30. The van der Waals surface area contributed by atoms with Gasteiger partial charge in [-0.2, -0.15) is 0 Å². The van der Waals surface area contributed by atoms with Gasteiger partial charge in [-0.25, -0.2) is 13.6 Å². The second-order valence-corrected chi connectivity index (χ2v) is 7.27. The Bertz CT molecular complexity index is 504. The van der Waals surface area contributed by atoms with Crippen molar-refractivity contribution in [2.45, 2.75) is 45.1 Å². The largest absolute Gasteiger partial charge is 0.313 e. The highest BCUT2D eigenvalue weighted by molar-refractivity contribution is 7.89. The van der Waals surface area contributed by atoms with Crippen molar-refractivity contribution in [2.75, 3.05) is 6.54 Å². The molecule has 1 aromatic heterocycles. The van der Waals surface area contributed by atoms with E-state index in [-0.39, 0.29) is 16.4 Å². The number of nitrogens with one attached hydrogen (secondary N) is 1. The first-order valence-electron chi connectivity index (χ1n) is 6.35. The molecule has 0 saturated heterocycles. The summed E-state index contributed by atoms with van der Waals surface area (Å²) in [4.78, 5) is 4.23. The number of rotatable bonds is 5. The second-order valence-electron chi connectivity index (χ2n) is 5.71. The normalized spacial score (nSPS) is 14.4. The number of nitrogens with two attached hydrogens (primary N) is 1.